The Bertz CT molecular complexity index is 552. The first-order valence-electron chi connectivity index (χ1n) is 9.48. The summed E-state index contributed by atoms with van der Waals surface area (Å²) in [5, 5.41) is 3.67. The smallest absolute Gasteiger partial charge is 0.222 e. The van der Waals surface area contributed by atoms with E-state index in [0.29, 0.717) is 29.8 Å². The van der Waals surface area contributed by atoms with E-state index in [1.807, 2.05) is 11.8 Å². The van der Waals surface area contributed by atoms with E-state index in [1.165, 1.54) is 37.0 Å². The highest BCUT2D eigenvalue weighted by atomic mass is 32.2. The van der Waals surface area contributed by atoms with E-state index in [-0.39, 0.29) is 0 Å². The van der Waals surface area contributed by atoms with E-state index in [0.717, 1.165) is 25.3 Å². The van der Waals surface area contributed by atoms with Gasteiger partial charge in [0.25, 0.3) is 0 Å². The Kier molecular flexibility index (Phi) is 5.14. The number of likely N-dealkylation sites (tertiary alicyclic amines) is 1. The molecule has 1 N–H and O–H groups in total. The van der Waals surface area contributed by atoms with Gasteiger partial charge in [0, 0.05) is 42.2 Å². The van der Waals surface area contributed by atoms with Gasteiger partial charge in [0.05, 0.1) is 0 Å². The maximum Gasteiger partial charge on any atom is 0.222 e. The molecule has 3 aliphatic heterocycles. The van der Waals surface area contributed by atoms with Crippen molar-refractivity contribution in [1.82, 2.24) is 10.2 Å². The number of thioether (sulfide) groups is 1. The topological polar surface area (TPSA) is 32.3 Å². The molecule has 24 heavy (non-hydrogen) atoms. The van der Waals surface area contributed by atoms with E-state index < -0.39 is 0 Å². The number of amides is 1. The SMILES string of the molecule is O=C(CC1CC2CCC(C1)N2)N1CCC(CSc2ccccc2)C1. The van der Waals surface area contributed by atoms with Crippen LogP contribution in [0.25, 0.3) is 0 Å². The third kappa shape index (κ3) is 3.97. The first-order valence-corrected chi connectivity index (χ1v) is 10.5. The van der Waals surface area contributed by atoms with Crippen molar-refractivity contribution in [2.24, 2.45) is 11.8 Å². The molecule has 3 heterocycles. The van der Waals surface area contributed by atoms with E-state index in [4.69, 9.17) is 0 Å². The van der Waals surface area contributed by atoms with Crippen LogP contribution >= 0.6 is 11.8 Å². The average Bonchev–Trinajstić information content (AvgIpc) is 3.20. The second-order valence-electron chi connectivity index (χ2n) is 7.80. The zero-order chi connectivity index (χ0) is 16.4. The largest absolute Gasteiger partial charge is 0.342 e. The molecule has 3 unspecified atom stereocenters. The van der Waals surface area contributed by atoms with Crippen molar-refractivity contribution < 1.29 is 4.79 Å². The predicted octanol–water partition coefficient (Wildman–Crippen LogP) is 3.55. The van der Waals surface area contributed by atoms with Crippen molar-refractivity contribution in [1.29, 1.82) is 0 Å². The molecule has 0 spiro atoms. The molecule has 4 heteroatoms. The molecular weight excluding hydrogens is 316 g/mol. The Morgan fingerprint density at radius 3 is 2.58 bits per heavy atom. The van der Waals surface area contributed by atoms with Crippen LogP contribution in [-0.2, 0) is 4.79 Å². The van der Waals surface area contributed by atoms with Crippen molar-refractivity contribution >= 4 is 17.7 Å². The highest BCUT2D eigenvalue weighted by Crippen LogP contribution is 2.33. The minimum Gasteiger partial charge on any atom is -0.342 e. The highest BCUT2D eigenvalue weighted by molar-refractivity contribution is 7.99. The number of piperidine rings is 1. The van der Waals surface area contributed by atoms with Gasteiger partial charge in [0.1, 0.15) is 0 Å². The van der Waals surface area contributed by atoms with Gasteiger partial charge in [-0.2, -0.15) is 0 Å². The quantitative estimate of drug-likeness (QED) is 0.829. The number of hydrogen-bond donors (Lipinski definition) is 1. The third-order valence-corrected chi connectivity index (χ3v) is 7.15. The fourth-order valence-corrected chi connectivity index (χ4v) is 5.69. The molecule has 4 rings (SSSR count). The van der Waals surface area contributed by atoms with Gasteiger partial charge < -0.3 is 10.2 Å². The van der Waals surface area contributed by atoms with Crippen molar-refractivity contribution in [3.8, 4) is 0 Å². The second kappa shape index (κ2) is 7.49. The third-order valence-electron chi connectivity index (χ3n) is 5.90. The van der Waals surface area contributed by atoms with Crippen LogP contribution in [0.2, 0.25) is 0 Å². The van der Waals surface area contributed by atoms with Crippen molar-refractivity contribution in [2.75, 3.05) is 18.8 Å². The van der Waals surface area contributed by atoms with Crippen LogP contribution in [0.5, 0.6) is 0 Å². The molecular formula is C20H28N2OS. The number of rotatable bonds is 5. The molecule has 1 amide bonds. The maximum atomic E-state index is 12.7. The lowest BCUT2D eigenvalue weighted by molar-refractivity contribution is -0.131. The summed E-state index contributed by atoms with van der Waals surface area (Å²) in [5.74, 6) is 2.82. The highest BCUT2D eigenvalue weighted by Gasteiger charge is 2.35. The van der Waals surface area contributed by atoms with Gasteiger partial charge in [-0.1, -0.05) is 18.2 Å². The second-order valence-corrected chi connectivity index (χ2v) is 8.89. The number of carbonyl (C=O) groups is 1. The maximum absolute atomic E-state index is 12.7. The number of carbonyl (C=O) groups excluding carboxylic acids is 1. The Balaban J connectivity index is 1.22. The first-order chi connectivity index (χ1) is 11.8. The number of nitrogens with zero attached hydrogens (tertiary/aromatic N) is 1. The number of hydrogen-bond acceptors (Lipinski definition) is 3. The molecule has 3 saturated heterocycles. The zero-order valence-corrected chi connectivity index (χ0v) is 15.1. The normalized spacial score (nSPS) is 32.2. The minimum atomic E-state index is 0.411. The summed E-state index contributed by atoms with van der Waals surface area (Å²) < 4.78 is 0. The Morgan fingerprint density at radius 2 is 1.83 bits per heavy atom. The molecule has 0 aromatic heterocycles. The summed E-state index contributed by atoms with van der Waals surface area (Å²) in [6.07, 6.45) is 7.01. The standard InChI is InChI=1S/C20H28N2OS/c23-20(12-16-10-17-6-7-18(11-16)21-17)22-9-8-15(13-22)14-24-19-4-2-1-3-5-19/h1-5,15-18,21H,6-14H2. The number of fused-ring (bicyclic) bond motifs is 2. The van der Waals surface area contributed by atoms with Crippen LogP contribution in [0.3, 0.4) is 0 Å². The Morgan fingerprint density at radius 1 is 1.08 bits per heavy atom. The first kappa shape index (κ1) is 16.5. The summed E-state index contributed by atoms with van der Waals surface area (Å²) in [6, 6.07) is 12.0. The van der Waals surface area contributed by atoms with E-state index in [9.17, 15) is 4.79 Å². The number of nitrogens with one attached hydrogen (secondary N) is 1. The van der Waals surface area contributed by atoms with Crippen LogP contribution in [0.4, 0.5) is 0 Å². The van der Waals surface area contributed by atoms with Gasteiger partial charge in [-0.05, 0) is 56.1 Å². The minimum absolute atomic E-state index is 0.411. The molecule has 3 aliphatic rings. The Hall–Kier alpha value is -1.00. The average molecular weight is 345 g/mol. The van der Waals surface area contributed by atoms with Crippen LogP contribution in [0.1, 0.15) is 38.5 Å². The summed E-state index contributed by atoms with van der Waals surface area (Å²) >= 11 is 1.93. The summed E-state index contributed by atoms with van der Waals surface area (Å²) in [6.45, 7) is 1.94. The molecule has 3 fully saturated rings. The molecule has 0 aliphatic carbocycles. The summed E-state index contributed by atoms with van der Waals surface area (Å²) in [7, 11) is 0. The van der Waals surface area contributed by atoms with Crippen LogP contribution < -0.4 is 5.32 Å². The van der Waals surface area contributed by atoms with Gasteiger partial charge in [-0.3, -0.25) is 4.79 Å². The Labute approximate surface area is 149 Å². The predicted molar refractivity (Wildman–Crippen MR) is 99.1 cm³/mol. The fraction of sp³-hybridized carbons (Fsp3) is 0.650. The lowest BCUT2D eigenvalue weighted by atomic mass is 9.89. The van der Waals surface area contributed by atoms with Crippen molar-refractivity contribution in [3.05, 3.63) is 30.3 Å². The lowest BCUT2D eigenvalue weighted by Crippen LogP contribution is -2.40. The van der Waals surface area contributed by atoms with Crippen LogP contribution in [0.15, 0.2) is 35.2 Å². The summed E-state index contributed by atoms with van der Waals surface area (Å²) in [5.41, 5.74) is 0. The zero-order valence-electron chi connectivity index (χ0n) is 14.3. The monoisotopic (exact) mass is 344 g/mol. The summed E-state index contributed by atoms with van der Waals surface area (Å²) in [4.78, 5) is 16.1. The lowest BCUT2D eigenvalue weighted by Gasteiger charge is -2.30. The number of benzene rings is 1. The molecule has 0 saturated carbocycles. The van der Waals surface area contributed by atoms with E-state index >= 15 is 0 Å². The van der Waals surface area contributed by atoms with Gasteiger partial charge in [0.15, 0.2) is 0 Å². The van der Waals surface area contributed by atoms with Crippen molar-refractivity contribution in [3.63, 3.8) is 0 Å². The molecule has 1 aromatic carbocycles. The van der Waals surface area contributed by atoms with E-state index in [1.54, 1.807) is 0 Å². The van der Waals surface area contributed by atoms with Crippen molar-refractivity contribution in [2.45, 2.75) is 55.5 Å². The van der Waals surface area contributed by atoms with Gasteiger partial charge in [-0.25, -0.2) is 0 Å². The molecule has 1 aromatic rings. The molecule has 3 nitrogen and oxygen atoms in total. The van der Waals surface area contributed by atoms with Gasteiger partial charge in [-0.15, -0.1) is 11.8 Å². The molecule has 3 atom stereocenters. The molecule has 2 bridgehead atoms. The van der Waals surface area contributed by atoms with E-state index in [2.05, 4.69) is 40.5 Å². The van der Waals surface area contributed by atoms with Crippen LogP contribution in [0, 0.1) is 11.8 Å². The van der Waals surface area contributed by atoms with Crippen LogP contribution in [-0.4, -0.2) is 41.7 Å². The molecule has 0 radical (unpaired) electrons. The van der Waals surface area contributed by atoms with Gasteiger partial charge >= 0.3 is 0 Å². The molecule has 130 valence electrons. The van der Waals surface area contributed by atoms with Gasteiger partial charge in [0.2, 0.25) is 5.91 Å². The fourth-order valence-electron chi connectivity index (χ4n) is 4.64.